The Balaban J connectivity index is 2.09. The number of carboxylic acid groups (broad SMARTS) is 1. The molecule has 20 heavy (non-hydrogen) atoms. The van der Waals surface area contributed by atoms with Gasteiger partial charge in [-0.2, -0.15) is 0 Å². The molecule has 0 aromatic heterocycles. The molecule has 0 amide bonds. The summed E-state index contributed by atoms with van der Waals surface area (Å²) in [7, 11) is 3.97. The van der Waals surface area contributed by atoms with Crippen molar-refractivity contribution in [3.8, 4) is 0 Å². The van der Waals surface area contributed by atoms with Crippen molar-refractivity contribution in [3.05, 3.63) is 0 Å². The molecule has 1 saturated carbocycles. The topological polar surface area (TPSA) is 55.8 Å². The van der Waals surface area contributed by atoms with Crippen LogP contribution in [0.5, 0.6) is 0 Å². The van der Waals surface area contributed by atoms with Gasteiger partial charge in [0.2, 0.25) is 0 Å². The minimum absolute atomic E-state index is 0.412. The van der Waals surface area contributed by atoms with E-state index in [1.807, 2.05) is 0 Å². The van der Waals surface area contributed by atoms with E-state index in [0.717, 1.165) is 45.3 Å². The Kier molecular flexibility index (Phi) is 5.04. The molecule has 0 aromatic rings. The normalized spacial score (nSPS) is 37.0. The molecule has 2 N–H and O–H groups in total. The Morgan fingerprint density at radius 3 is 2.75 bits per heavy atom. The van der Waals surface area contributed by atoms with Gasteiger partial charge in [0.05, 0.1) is 0 Å². The third-order valence-electron chi connectivity index (χ3n) is 5.26. The molecule has 0 aromatic carbocycles. The van der Waals surface area contributed by atoms with E-state index >= 15 is 0 Å². The second-order valence-electron chi connectivity index (χ2n) is 6.45. The van der Waals surface area contributed by atoms with Crippen molar-refractivity contribution < 1.29 is 9.90 Å². The Morgan fingerprint density at radius 2 is 2.20 bits per heavy atom. The number of nitrogens with one attached hydrogen (secondary N) is 1. The lowest BCUT2D eigenvalue weighted by atomic mass is 9.97. The van der Waals surface area contributed by atoms with Gasteiger partial charge in [0, 0.05) is 18.6 Å². The quantitative estimate of drug-likeness (QED) is 0.806. The summed E-state index contributed by atoms with van der Waals surface area (Å²) in [4.78, 5) is 16.6. The molecule has 0 spiro atoms. The Hall–Kier alpha value is -0.650. The van der Waals surface area contributed by atoms with E-state index in [2.05, 4.69) is 29.1 Å². The van der Waals surface area contributed by atoms with E-state index in [9.17, 15) is 9.90 Å². The lowest BCUT2D eigenvalue weighted by Crippen LogP contribution is -2.51. The first-order chi connectivity index (χ1) is 9.52. The van der Waals surface area contributed by atoms with Crippen LogP contribution < -0.4 is 5.32 Å². The Morgan fingerprint density at radius 1 is 1.45 bits per heavy atom. The van der Waals surface area contributed by atoms with Gasteiger partial charge in [0.15, 0.2) is 0 Å². The number of nitrogens with zero attached hydrogens (tertiary/aromatic N) is 2. The van der Waals surface area contributed by atoms with E-state index in [1.165, 1.54) is 6.42 Å². The summed E-state index contributed by atoms with van der Waals surface area (Å²) in [5.74, 6) is -0.692. The second kappa shape index (κ2) is 6.41. The summed E-state index contributed by atoms with van der Waals surface area (Å²) >= 11 is 0. The number of aliphatic carboxylic acids is 1. The molecule has 1 aliphatic heterocycles. The SMILES string of the molecule is CCC1CN(C)CCCN1C1CCC(NC)(C(=O)O)C1. The third-order valence-corrected chi connectivity index (χ3v) is 5.26. The molecule has 5 nitrogen and oxygen atoms in total. The summed E-state index contributed by atoms with van der Waals surface area (Å²) in [5, 5.41) is 12.6. The molecule has 3 atom stereocenters. The van der Waals surface area contributed by atoms with Gasteiger partial charge in [-0.3, -0.25) is 9.69 Å². The molecule has 0 bridgehead atoms. The number of likely N-dealkylation sites (N-methyl/N-ethyl adjacent to an activating group) is 2. The zero-order valence-electron chi connectivity index (χ0n) is 13.1. The molecule has 2 fully saturated rings. The number of carboxylic acids is 1. The Bertz CT molecular complexity index is 350. The molecule has 1 aliphatic carbocycles. The fourth-order valence-corrected chi connectivity index (χ4v) is 3.94. The van der Waals surface area contributed by atoms with Crippen molar-refractivity contribution in [2.24, 2.45) is 0 Å². The maximum Gasteiger partial charge on any atom is 0.323 e. The van der Waals surface area contributed by atoms with Crippen LogP contribution in [0.15, 0.2) is 0 Å². The van der Waals surface area contributed by atoms with Crippen LogP contribution in [0.4, 0.5) is 0 Å². The third kappa shape index (κ3) is 3.00. The van der Waals surface area contributed by atoms with Gasteiger partial charge in [-0.05, 0) is 59.3 Å². The Labute approximate surface area is 122 Å². The first-order valence-corrected chi connectivity index (χ1v) is 7.89. The summed E-state index contributed by atoms with van der Waals surface area (Å²) in [6.07, 6.45) is 4.79. The zero-order chi connectivity index (χ0) is 14.8. The van der Waals surface area contributed by atoms with Crippen LogP contribution in [0, 0.1) is 0 Å². The number of hydrogen-bond donors (Lipinski definition) is 2. The highest BCUT2D eigenvalue weighted by Gasteiger charge is 2.47. The molecule has 2 rings (SSSR count). The second-order valence-corrected chi connectivity index (χ2v) is 6.45. The van der Waals surface area contributed by atoms with Gasteiger partial charge in [-0.1, -0.05) is 6.92 Å². The highest BCUT2D eigenvalue weighted by molar-refractivity contribution is 5.79. The van der Waals surface area contributed by atoms with E-state index in [0.29, 0.717) is 12.1 Å². The molecule has 1 heterocycles. The lowest BCUT2D eigenvalue weighted by Gasteiger charge is -2.36. The van der Waals surface area contributed by atoms with Gasteiger partial charge in [-0.15, -0.1) is 0 Å². The molecular weight excluding hydrogens is 254 g/mol. The molecule has 116 valence electrons. The molecular formula is C15H29N3O2. The first-order valence-electron chi connectivity index (χ1n) is 7.89. The van der Waals surface area contributed by atoms with Crippen molar-refractivity contribution in [2.75, 3.05) is 33.7 Å². The van der Waals surface area contributed by atoms with Crippen molar-refractivity contribution >= 4 is 5.97 Å². The molecule has 3 unspecified atom stereocenters. The largest absolute Gasteiger partial charge is 0.480 e. The number of hydrogen-bond acceptors (Lipinski definition) is 4. The monoisotopic (exact) mass is 283 g/mol. The van der Waals surface area contributed by atoms with Gasteiger partial charge in [-0.25, -0.2) is 0 Å². The average molecular weight is 283 g/mol. The summed E-state index contributed by atoms with van der Waals surface area (Å²) in [5.41, 5.74) is -0.707. The average Bonchev–Trinajstić information content (AvgIpc) is 2.78. The van der Waals surface area contributed by atoms with E-state index in [4.69, 9.17) is 0 Å². The van der Waals surface area contributed by atoms with Crippen LogP contribution in [-0.4, -0.2) is 72.2 Å². The summed E-state index contributed by atoms with van der Waals surface area (Å²) in [6.45, 7) is 5.60. The maximum atomic E-state index is 11.6. The van der Waals surface area contributed by atoms with Crippen LogP contribution in [0.2, 0.25) is 0 Å². The van der Waals surface area contributed by atoms with E-state index in [-0.39, 0.29) is 0 Å². The maximum absolute atomic E-state index is 11.6. The van der Waals surface area contributed by atoms with Crippen molar-refractivity contribution in [1.29, 1.82) is 0 Å². The summed E-state index contributed by atoms with van der Waals surface area (Å²) in [6, 6.07) is 0.976. The standard InChI is InChI=1S/C15H29N3O2/c1-4-12-11-17(3)8-5-9-18(12)13-6-7-15(10-13,16-2)14(19)20/h12-13,16H,4-11H2,1-3H3,(H,19,20). The minimum Gasteiger partial charge on any atom is -0.480 e. The predicted octanol–water partition coefficient (Wildman–Crippen LogP) is 0.998. The van der Waals surface area contributed by atoms with Crippen LogP contribution >= 0.6 is 0 Å². The van der Waals surface area contributed by atoms with Crippen molar-refractivity contribution in [3.63, 3.8) is 0 Å². The van der Waals surface area contributed by atoms with Crippen LogP contribution in [-0.2, 0) is 4.79 Å². The highest BCUT2D eigenvalue weighted by atomic mass is 16.4. The van der Waals surface area contributed by atoms with Gasteiger partial charge in [0.25, 0.3) is 0 Å². The predicted molar refractivity (Wildman–Crippen MR) is 80.0 cm³/mol. The summed E-state index contributed by atoms with van der Waals surface area (Å²) < 4.78 is 0. The van der Waals surface area contributed by atoms with Crippen LogP contribution in [0.3, 0.4) is 0 Å². The number of rotatable bonds is 4. The van der Waals surface area contributed by atoms with Gasteiger partial charge < -0.3 is 15.3 Å². The van der Waals surface area contributed by atoms with Crippen LogP contribution in [0.1, 0.15) is 39.0 Å². The van der Waals surface area contributed by atoms with E-state index in [1.54, 1.807) is 7.05 Å². The minimum atomic E-state index is -0.707. The molecule has 2 aliphatic rings. The zero-order valence-corrected chi connectivity index (χ0v) is 13.1. The molecule has 0 radical (unpaired) electrons. The fourth-order valence-electron chi connectivity index (χ4n) is 3.94. The van der Waals surface area contributed by atoms with E-state index < -0.39 is 11.5 Å². The fraction of sp³-hybridized carbons (Fsp3) is 0.933. The van der Waals surface area contributed by atoms with Crippen molar-refractivity contribution in [2.45, 2.75) is 56.7 Å². The lowest BCUT2D eigenvalue weighted by molar-refractivity contribution is -0.144. The van der Waals surface area contributed by atoms with Gasteiger partial charge >= 0.3 is 5.97 Å². The number of carbonyl (C=O) groups is 1. The first kappa shape index (κ1) is 15.7. The smallest absolute Gasteiger partial charge is 0.323 e. The highest BCUT2D eigenvalue weighted by Crippen LogP contribution is 2.35. The molecule has 1 saturated heterocycles. The molecule has 5 heteroatoms. The van der Waals surface area contributed by atoms with Crippen LogP contribution in [0.25, 0.3) is 0 Å². The van der Waals surface area contributed by atoms with Crippen molar-refractivity contribution in [1.82, 2.24) is 15.1 Å². The van der Waals surface area contributed by atoms with Gasteiger partial charge in [0.1, 0.15) is 5.54 Å².